The second-order valence-corrected chi connectivity index (χ2v) is 13.1. The molecule has 270 valence electrons. The molecule has 14 heteroatoms. The van der Waals surface area contributed by atoms with E-state index in [4.69, 9.17) is 0 Å². The molecule has 2 saturated heterocycles. The van der Waals surface area contributed by atoms with Crippen molar-refractivity contribution in [2.24, 2.45) is 48.6 Å². The number of halogens is 2. The van der Waals surface area contributed by atoms with Crippen LogP contribution in [0.1, 0.15) is 25.7 Å². The van der Waals surface area contributed by atoms with Crippen LogP contribution in [-0.4, -0.2) is 84.4 Å². The number of piperazine rings is 2. The van der Waals surface area contributed by atoms with E-state index in [0.29, 0.717) is 0 Å². The Morgan fingerprint density at radius 1 is 0.500 bits per heavy atom. The number of aryl methyl sites for hydroxylation is 4. The standard InChI is InChI=1S/C36H52N12.2ClH/c1-41-19-20-42(2)35(41)39-37-31-9-13-33(14-10-31)47-27-23-45(24-28-47)17-7-5-6-8-18-46-25-29-48(30-26-46)34-15-11-32(12-16-34)38-40-36-43(3)21-22-44(36)4;;/h9-16,19-22H,5-8,17-18,23-30H2,1-4H3;2*1H/q+2;;/p-2. The van der Waals surface area contributed by atoms with Crippen molar-refractivity contribution in [3.05, 3.63) is 73.3 Å². The van der Waals surface area contributed by atoms with E-state index in [-0.39, 0.29) is 24.8 Å². The lowest BCUT2D eigenvalue weighted by Gasteiger charge is -2.36. The molecule has 50 heavy (non-hydrogen) atoms. The van der Waals surface area contributed by atoms with Gasteiger partial charge in [-0.2, -0.15) is 0 Å². The van der Waals surface area contributed by atoms with Crippen LogP contribution >= 0.6 is 0 Å². The smallest absolute Gasteiger partial charge is 0.421 e. The fourth-order valence-electron chi connectivity index (χ4n) is 6.60. The summed E-state index contributed by atoms with van der Waals surface area (Å²) in [5.41, 5.74) is 4.29. The van der Waals surface area contributed by atoms with Crippen molar-refractivity contribution in [3.8, 4) is 0 Å². The second-order valence-electron chi connectivity index (χ2n) is 13.1. The van der Waals surface area contributed by atoms with Gasteiger partial charge >= 0.3 is 11.9 Å². The van der Waals surface area contributed by atoms with Crippen LogP contribution in [0.4, 0.5) is 34.6 Å². The lowest BCUT2D eigenvalue weighted by molar-refractivity contribution is -0.657. The Bertz CT molecular complexity index is 1490. The van der Waals surface area contributed by atoms with Crippen molar-refractivity contribution < 1.29 is 33.9 Å². The molecule has 12 nitrogen and oxygen atoms in total. The van der Waals surface area contributed by atoms with Gasteiger partial charge in [-0.25, -0.2) is 18.3 Å². The number of benzene rings is 2. The molecule has 0 N–H and O–H groups in total. The maximum Gasteiger partial charge on any atom is 0.421 e. The Hall–Kier alpha value is -3.84. The highest BCUT2D eigenvalue weighted by Crippen LogP contribution is 2.24. The highest BCUT2D eigenvalue weighted by molar-refractivity contribution is 5.54. The summed E-state index contributed by atoms with van der Waals surface area (Å²) < 4.78 is 7.85. The lowest BCUT2D eigenvalue weighted by Crippen LogP contribution is -3.00. The molecule has 0 aliphatic carbocycles. The molecule has 0 radical (unpaired) electrons. The van der Waals surface area contributed by atoms with Crippen LogP contribution in [0.15, 0.2) is 93.8 Å². The third kappa shape index (κ3) is 10.3. The Morgan fingerprint density at radius 3 is 1.18 bits per heavy atom. The minimum absolute atomic E-state index is 0. The molecule has 0 saturated carbocycles. The van der Waals surface area contributed by atoms with E-state index in [0.717, 1.165) is 75.6 Å². The van der Waals surface area contributed by atoms with Gasteiger partial charge in [-0.15, -0.1) is 0 Å². The fraction of sp³-hybridized carbons (Fsp3) is 0.500. The third-order valence-corrected chi connectivity index (χ3v) is 9.67. The minimum atomic E-state index is 0. The minimum Gasteiger partial charge on any atom is -1.00 e. The van der Waals surface area contributed by atoms with Crippen molar-refractivity contribution in [2.45, 2.75) is 25.7 Å². The van der Waals surface area contributed by atoms with Gasteiger partial charge in [0, 0.05) is 74.0 Å². The van der Waals surface area contributed by atoms with E-state index >= 15 is 0 Å². The van der Waals surface area contributed by atoms with E-state index in [1.165, 1.54) is 50.1 Å². The highest BCUT2D eigenvalue weighted by atomic mass is 35.5. The summed E-state index contributed by atoms with van der Waals surface area (Å²) in [5, 5.41) is 17.7. The predicted octanol–water partition coefficient (Wildman–Crippen LogP) is -0.644. The van der Waals surface area contributed by atoms with Gasteiger partial charge in [0.2, 0.25) is 0 Å². The van der Waals surface area contributed by atoms with Gasteiger partial charge in [-0.1, -0.05) is 23.1 Å². The molecule has 0 amide bonds. The largest absolute Gasteiger partial charge is 1.00 e. The number of azo groups is 2. The van der Waals surface area contributed by atoms with Gasteiger partial charge in [-0.3, -0.25) is 9.80 Å². The molecule has 2 aromatic heterocycles. The molecular formula is C36H52Cl2N12. The summed E-state index contributed by atoms with van der Waals surface area (Å²) in [6.07, 6.45) is 13.2. The van der Waals surface area contributed by atoms with Crippen LogP contribution in [0, 0.1) is 0 Å². The lowest BCUT2D eigenvalue weighted by atomic mass is 10.1. The Morgan fingerprint density at radius 2 is 0.860 bits per heavy atom. The molecule has 2 aliphatic heterocycles. The summed E-state index contributed by atoms with van der Waals surface area (Å²) >= 11 is 0. The normalized spacial score (nSPS) is 15.9. The number of nitrogens with zero attached hydrogens (tertiary/aromatic N) is 12. The zero-order chi connectivity index (χ0) is 33.3. The van der Waals surface area contributed by atoms with E-state index in [2.05, 4.69) is 88.6 Å². The average molecular weight is 724 g/mol. The Kier molecular flexibility index (Phi) is 14.8. The Balaban J connectivity index is 0.00000281. The van der Waals surface area contributed by atoms with Crippen LogP contribution in [0.25, 0.3) is 0 Å². The second kappa shape index (κ2) is 19.0. The Labute approximate surface area is 309 Å². The van der Waals surface area contributed by atoms with E-state index in [1.54, 1.807) is 0 Å². The first-order valence-electron chi connectivity index (χ1n) is 17.4. The van der Waals surface area contributed by atoms with Crippen LogP contribution in [0.5, 0.6) is 0 Å². The fourth-order valence-corrected chi connectivity index (χ4v) is 6.60. The number of rotatable bonds is 13. The molecule has 2 fully saturated rings. The maximum absolute atomic E-state index is 4.43. The number of hydrogen-bond acceptors (Lipinski definition) is 8. The van der Waals surface area contributed by atoms with Gasteiger partial charge in [-0.05, 0) is 74.5 Å². The molecule has 0 unspecified atom stereocenters. The molecule has 0 spiro atoms. The zero-order valence-corrected chi connectivity index (χ0v) is 31.5. The van der Waals surface area contributed by atoms with Crippen molar-refractivity contribution >= 4 is 34.6 Å². The first-order chi connectivity index (χ1) is 23.4. The van der Waals surface area contributed by atoms with Crippen LogP contribution in [-0.2, 0) is 28.2 Å². The van der Waals surface area contributed by atoms with Gasteiger partial charge in [0.25, 0.3) is 0 Å². The molecule has 0 bridgehead atoms. The molecular weight excluding hydrogens is 671 g/mol. The van der Waals surface area contributed by atoms with E-state index in [1.807, 2.05) is 71.2 Å². The summed E-state index contributed by atoms with van der Waals surface area (Å²) in [6.45, 7) is 11.3. The van der Waals surface area contributed by atoms with E-state index in [9.17, 15) is 0 Å². The number of anilines is 2. The summed E-state index contributed by atoms with van der Waals surface area (Å²) in [5.74, 6) is 1.64. The van der Waals surface area contributed by atoms with Crippen molar-refractivity contribution in [2.75, 3.05) is 75.2 Å². The predicted molar refractivity (Wildman–Crippen MR) is 190 cm³/mol. The molecule has 2 aliphatic rings. The number of imidazole rings is 2. The summed E-state index contributed by atoms with van der Waals surface area (Å²) in [6, 6.07) is 17.0. The summed E-state index contributed by atoms with van der Waals surface area (Å²) in [7, 11) is 7.91. The van der Waals surface area contributed by atoms with Crippen LogP contribution in [0.3, 0.4) is 0 Å². The molecule has 4 heterocycles. The zero-order valence-electron chi connectivity index (χ0n) is 30.0. The average Bonchev–Trinajstić information content (AvgIpc) is 3.62. The first kappa shape index (κ1) is 39.0. The summed E-state index contributed by atoms with van der Waals surface area (Å²) in [4.78, 5) is 10.2. The molecule has 2 aromatic carbocycles. The van der Waals surface area contributed by atoms with Crippen molar-refractivity contribution in [1.82, 2.24) is 18.9 Å². The van der Waals surface area contributed by atoms with Crippen molar-refractivity contribution in [3.63, 3.8) is 0 Å². The maximum atomic E-state index is 4.43. The molecule has 4 aromatic rings. The first-order valence-corrected chi connectivity index (χ1v) is 17.4. The highest BCUT2D eigenvalue weighted by Gasteiger charge is 2.19. The van der Waals surface area contributed by atoms with Gasteiger partial charge < -0.3 is 34.6 Å². The topological polar surface area (TPSA) is 80.0 Å². The van der Waals surface area contributed by atoms with Gasteiger partial charge in [0.05, 0.1) is 53.0 Å². The number of hydrogen-bond donors (Lipinski definition) is 0. The van der Waals surface area contributed by atoms with E-state index < -0.39 is 0 Å². The molecule has 0 atom stereocenters. The number of aromatic nitrogens is 4. The number of unbranched alkanes of at least 4 members (excludes halogenated alkanes) is 3. The molecule has 6 rings (SSSR count). The SMILES string of the molecule is Cn1cc[n+](C)c1N=Nc1ccc(N2CCN(CCCCCCN3CCN(c4ccc(N=Nc5n(C)cc[n+]5C)cc4)CC3)CC2)cc1.[Cl-].[Cl-]. The monoisotopic (exact) mass is 722 g/mol. The van der Waals surface area contributed by atoms with Gasteiger partial charge in [0.1, 0.15) is 11.4 Å². The van der Waals surface area contributed by atoms with Crippen LogP contribution < -0.4 is 43.7 Å². The van der Waals surface area contributed by atoms with Gasteiger partial charge in [0.15, 0.2) is 0 Å². The third-order valence-electron chi connectivity index (χ3n) is 9.67. The quantitative estimate of drug-likeness (QED) is 0.105. The van der Waals surface area contributed by atoms with Crippen molar-refractivity contribution in [1.29, 1.82) is 0 Å². The van der Waals surface area contributed by atoms with Crippen LogP contribution in [0.2, 0.25) is 0 Å².